The Balaban J connectivity index is 0.000000200. The van der Waals surface area contributed by atoms with Crippen LogP contribution in [-0.4, -0.2) is 46.9 Å². The Morgan fingerprint density at radius 1 is 0.897 bits per heavy atom. The summed E-state index contributed by atoms with van der Waals surface area (Å²) in [6.45, 7) is 5.03. The van der Waals surface area contributed by atoms with Gasteiger partial charge in [0.1, 0.15) is 17.5 Å². The minimum absolute atomic E-state index is 0.0748. The van der Waals surface area contributed by atoms with Gasteiger partial charge in [0.2, 0.25) is 0 Å². The van der Waals surface area contributed by atoms with E-state index >= 15 is 0 Å². The number of nitrogens with one attached hydrogen (secondary N) is 4. The largest absolute Gasteiger partial charge is 0.380 e. The minimum atomic E-state index is -0.647. The quantitative estimate of drug-likeness (QED) is 0.0834. The molecule has 0 aliphatic heterocycles. The lowest BCUT2D eigenvalue weighted by molar-refractivity contribution is 0.0933. The summed E-state index contributed by atoms with van der Waals surface area (Å²) in [6.07, 6.45) is 14.7. The number of hydrogen-bond donors (Lipinski definition) is 4. The number of hydrogen-bond acceptors (Lipinski definition) is 8. The third-order valence-electron chi connectivity index (χ3n) is 10.9. The monoisotopic (exact) mass is 828 g/mol. The molecule has 2 amide bonds. The topological polar surface area (TPSA) is 108 Å². The lowest BCUT2D eigenvalue weighted by Crippen LogP contribution is -2.36. The van der Waals surface area contributed by atoms with Crippen LogP contribution in [0.3, 0.4) is 0 Å². The van der Waals surface area contributed by atoms with Crippen LogP contribution >= 0.6 is 23.5 Å². The minimum Gasteiger partial charge on any atom is -0.380 e. The third-order valence-corrected chi connectivity index (χ3v) is 11.8. The van der Waals surface area contributed by atoms with Crippen LogP contribution < -0.4 is 21.3 Å². The molecular weight excluding hydrogens is 778 g/mol. The smallest absolute Gasteiger partial charge is 0.274 e. The van der Waals surface area contributed by atoms with Crippen molar-refractivity contribution < 1.29 is 22.8 Å². The molecule has 3 unspecified atom stereocenters. The van der Waals surface area contributed by atoms with E-state index in [1.165, 1.54) is 24.3 Å². The van der Waals surface area contributed by atoms with E-state index in [0.29, 0.717) is 36.5 Å². The number of carbonyl (C=O) groups is 2. The van der Waals surface area contributed by atoms with Crippen molar-refractivity contribution in [1.29, 1.82) is 0 Å². The van der Waals surface area contributed by atoms with E-state index in [-0.39, 0.29) is 46.5 Å². The average Bonchev–Trinajstić information content (AvgIpc) is 4.10. The van der Waals surface area contributed by atoms with Gasteiger partial charge in [-0.15, -0.1) is 23.5 Å². The van der Waals surface area contributed by atoms with Gasteiger partial charge in [0.05, 0.1) is 29.2 Å². The molecule has 0 spiro atoms. The Morgan fingerprint density at radius 2 is 1.60 bits per heavy atom. The molecule has 7 rings (SSSR count). The maximum Gasteiger partial charge on any atom is 0.274 e. The first kappa shape index (κ1) is 42.8. The normalized spacial score (nSPS) is 19.0. The molecule has 1 heterocycles. The van der Waals surface area contributed by atoms with Crippen molar-refractivity contribution >= 4 is 46.8 Å². The average molecular weight is 829 g/mol. The number of anilines is 2. The van der Waals surface area contributed by atoms with Crippen LogP contribution in [0.1, 0.15) is 95.1 Å². The summed E-state index contributed by atoms with van der Waals surface area (Å²) in [6, 6.07) is 17.0. The van der Waals surface area contributed by atoms with E-state index in [2.05, 4.69) is 45.1 Å². The van der Waals surface area contributed by atoms with Gasteiger partial charge in [-0.25, -0.2) is 23.1 Å². The number of amides is 2. The molecule has 3 fully saturated rings. The fourth-order valence-electron chi connectivity index (χ4n) is 6.75. The van der Waals surface area contributed by atoms with Crippen molar-refractivity contribution in [3.8, 4) is 0 Å². The number of rotatable bonds is 17. The number of nitrogens with zero attached hydrogens (tertiary/aromatic N) is 2. The van der Waals surface area contributed by atoms with Gasteiger partial charge in [0, 0.05) is 30.6 Å². The predicted octanol–water partition coefficient (Wildman–Crippen LogP) is 9.97. The second-order valence-corrected chi connectivity index (χ2v) is 16.8. The SMILES string of the molecule is CS/C=C/C(NC(=O)c1ncc(C2(C)CC2C)nc1NCc1c(F)cccc1F)C1CC1.CS/C=C/CNC(=O)c1c(F)cc(C2CC2)cc1NCc1ccccc1. The Morgan fingerprint density at radius 3 is 2.24 bits per heavy atom. The Labute approximate surface area is 347 Å². The first-order valence-electron chi connectivity index (χ1n) is 19.6. The molecule has 1 aromatic heterocycles. The number of halogens is 3. The van der Waals surface area contributed by atoms with E-state index in [1.807, 2.05) is 71.9 Å². The second-order valence-electron chi connectivity index (χ2n) is 15.3. The number of thioether (sulfide) groups is 2. The molecule has 8 nitrogen and oxygen atoms in total. The van der Waals surface area contributed by atoms with Gasteiger partial charge < -0.3 is 21.3 Å². The molecule has 0 bridgehead atoms. The molecule has 3 aliphatic carbocycles. The predicted molar refractivity (Wildman–Crippen MR) is 231 cm³/mol. The summed E-state index contributed by atoms with van der Waals surface area (Å²) < 4.78 is 43.0. The lowest BCUT2D eigenvalue weighted by atomic mass is 10.0. The molecular formula is C45H51F3N6O2S2. The van der Waals surface area contributed by atoms with Gasteiger partial charge in [0.15, 0.2) is 11.5 Å². The maximum atomic E-state index is 14.7. The van der Waals surface area contributed by atoms with Crippen LogP contribution in [0.2, 0.25) is 0 Å². The highest BCUT2D eigenvalue weighted by Gasteiger charge is 2.49. The van der Waals surface area contributed by atoms with Crippen LogP contribution in [0, 0.1) is 29.3 Å². The number of carbonyl (C=O) groups excluding carboxylic acids is 2. The van der Waals surface area contributed by atoms with Gasteiger partial charge in [-0.1, -0.05) is 62.4 Å². The van der Waals surface area contributed by atoms with E-state index in [9.17, 15) is 22.8 Å². The highest BCUT2D eigenvalue weighted by Crippen LogP contribution is 2.53. The molecule has 306 valence electrons. The Bertz CT molecular complexity index is 2110. The van der Waals surface area contributed by atoms with Crippen molar-refractivity contribution in [2.24, 2.45) is 11.8 Å². The fourth-order valence-corrected chi connectivity index (χ4v) is 7.37. The van der Waals surface area contributed by atoms with Crippen LogP contribution in [0.15, 0.2) is 89.8 Å². The van der Waals surface area contributed by atoms with Gasteiger partial charge in [-0.2, -0.15) is 0 Å². The molecule has 0 saturated heterocycles. The summed E-state index contributed by atoms with van der Waals surface area (Å²) in [5.41, 5.74) is 3.40. The van der Waals surface area contributed by atoms with E-state index < -0.39 is 23.4 Å². The third kappa shape index (κ3) is 11.3. The van der Waals surface area contributed by atoms with Crippen LogP contribution in [0.4, 0.5) is 24.7 Å². The van der Waals surface area contributed by atoms with Gasteiger partial charge in [0.25, 0.3) is 11.8 Å². The van der Waals surface area contributed by atoms with E-state index in [0.717, 1.165) is 48.9 Å². The molecule has 58 heavy (non-hydrogen) atoms. The second kappa shape index (κ2) is 19.8. The van der Waals surface area contributed by atoms with Crippen molar-refractivity contribution in [2.75, 3.05) is 29.7 Å². The van der Waals surface area contributed by atoms with Gasteiger partial charge in [-0.3, -0.25) is 9.59 Å². The molecule has 0 radical (unpaired) electrons. The molecule has 3 atom stereocenters. The zero-order valence-corrected chi connectivity index (χ0v) is 34.9. The fraction of sp³-hybridized carbons (Fsp3) is 0.378. The van der Waals surface area contributed by atoms with E-state index in [4.69, 9.17) is 0 Å². The van der Waals surface area contributed by atoms with Crippen molar-refractivity contribution in [1.82, 2.24) is 20.6 Å². The molecule has 3 aliphatic rings. The number of benzene rings is 3. The summed E-state index contributed by atoms with van der Waals surface area (Å²) in [7, 11) is 0. The van der Waals surface area contributed by atoms with Crippen LogP contribution in [0.5, 0.6) is 0 Å². The first-order chi connectivity index (χ1) is 28.0. The number of aromatic nitrogens is 2. The van der Waals surface area contributed by atoms with Gasteiger partial charge >= 0.3 is 0 Å². The summed E-state index contributed by atoms with van der Waals surface area (Å²) in [5, 5.41) is 15.9. The maximum absolute atomic E-state index is 14.7. The van der Waals surface area contributed by atoms with Crippen molar-refractivity contribution in [2.45, 2.75) is 76.4 Å². The highest BCUT2D eigenvalue weighted by molar-refractivity contribution is 8.01. The lowest BCUT2D eigenvalue weighted by Gasteiger charge is -2.18. The Kier molecular flexibility index (Phi) is 14.6. The molecule has 4 aromatic rings. The zero-order valence-electron chi connectivity index (χ0n) is 33.3. The summed E-state index contributed by atoms with van der Waals surface area (Å²) >= 11 is 3.13. The molecule has 3 saturated carbocycles. The molecule has 13 heteroatoms. The zero-order chi connectivity index (χ0) is 41.2. The first-order valence-corrected chi connectivity index (χ1v) is 22.2. The van der Waals surface area contributed by atoms with Crippen molar-refractivity contribution in [3.05, 3.63) is 141 Å². The van der Waals surface area contributed by atoms with Crippen molar-refractivity contribution in [3.63, 3.8) is 0 Å². The Hall–Kier alpha value is -4.75. The molecule has 3 aromatic carbocycles. The van der Waals surface area contributed by atoms with Crippen LogP contribution in [-0.2, 0) is 18.5 Å². The van der Waals surface area contributed by atoms with Crippen LogP contribution in [0.25, 0.3) is 0 Å². The van der Waals surface area contributed by atoms with Gasteiger partial charge in [-0.05, 0) is 109 Å². The highest BCUT2D eigenvalue weighted by atomic mass is 32.2. The standard InChI is InChI=1S/C24H28F2N4OS.C21H23FN2OS/c1-14-11-24(14,2)20-13-27-21(23(31)29-19(9-10-32-3)15-7-8-15)22(30-20)28-12-16-17(25)5-4-6-18(16)26;1-26-11-5-10-23-21(25)20-18(22)12-17(16-8-9-16)13-19(20)24-14-15-6-3-2-4-7-15/h4-6,9-10,13-15,19H,7-8,11-12H2,1-3H3,(H,28,30)(H,29,31);2-7,11-13,16,24H,8-10,14H2,1H3,(H,23,25)/b10-9+;11-5+. The summed E-state index contributed by atoms with van der Waals surface area (Å²) in [4.78, 5) is 34.8. The molecule has 4 N–H and O–H groups in total. The summed E-state index contributed by atoms with van der Waals surface area (Å²) in [5.74, 6) is -0.957. The van der Waals surface area contributed by atoms with E-state index in [1.54, 1.807) is 29.7 Å².